The molecule has 0 spiro atoms. The molecule has 0 bridgehead atoms. The monoisotopic (exact) mass is 598 g/mol. The number of carbonyl (C=O) groups excluding carboxylic acids is 2. The van der Waals surface area contributed by atoms with E-state index in [9.17, 15) is 18.0 Å². The van der Waals surface area contributed by atoms with Gasteiger partial charge in [0, 0.05) is 48.8 Å². The molecule has 2 N–H and O–H groups in total. The van der Waals surface area contributed by atoms with Gasteiger partial charge in [0.15, 0.2) is 5.01 Å². The number of likely N-dealkylation sites (tertiary alicyclic amines) is 1. The largest absolute Gasteiger partial charge is 0.381 e. The summed E-state index contributed by atoms with van der Waals surface area (Å²) in [5.41, 5.74) is 0.246. The number of piperidine rings is 1. The van der Waals surface area contributed by atoms with Crippen molar-refractivity contribution < 1.29 is 22.7 Å². The van der Waals surface area contributed by atoms with Crippen molar-refractivity contribution in [3.05, 3.63) is 47.1 Å². The third kappa shape index (κ3) is 6.63. The molecule has 220 valence electrons. The summed E-state index contributed by atoms with van der Waals surface area (Å²) in [6.45, 7) is 10.0. The minimum absolute atomic E-state index is 0.00744. The maximum Gasteiger partial charge on any atom is 0.280 e. The standard InChI is InChI=1S/C30H38N4O5S2/c1-19-11-15-34(16-12-19)29(36)25-26(40-28(32-25)27(35)31-20-13-17-39-18-14-20)23-9-10-24(22-8-6-5-7-21(22)23)41(37,38)33-30(2,3)4/h5-10,19-20,33H,11-18H2,1-4H3,(H,31,35). The fraction of sp³-hybridized carbons (Fsp3) is 0.500. The third-order valence-corrected chi connectivity index (χ3v) is 10.4. The highest BCUT2D eigenvalue weighted by atomic mass is 32.2. The first-order chi connectivity index (χ1) is 19.4. The van der Waals surface area contributed by atoms with Crippen LogP contribution in [0.15, 0.2) is 41.3 Å². The van der Waals surface area contributed by atoms with E-state index in [1.807, 2.05) is 17.0 Å². The van der Waals surface area contributed by atoms with Crippen LogP contribution in [0.4, 0.5) is 0 Å². The number of hydrogen-bond donors (Lipinski definition) is 2. The summed E-state index contributed by atoms with van der Waals surface area (Å²) in [7, 11) is -3.83. The van der Waals surface area contributed by atoms with Crippen molar-refractivity contribution in [2.45, 2.75) is 69.9 Å². The zero-order valence-corrected chi connectivity index (χ0v) is 25.7. The van der Waals surface area contributed by atoms with E-state index < -0.39 is 15.6 Å². The molecule has 11 heteroatoms. The van der Waals surface area contributed by atoms with Gasteiger partial charge in [-0.15, -0.1) is 11.3 Å². The third-order valence-electron chi connectivity index (χ3n) is 7.51. The molecule has 2 amide bonds. The van der Waals surface area contributed by atoms with Gasteiger partial charge in [0.1, 0.15) is 5.69 Å². The van der Waals surface area contributed by atoms with Crippen molar-refractivity contribution >= 4 is 43.9 Å². The van der Waals surface area contributed by atoms with Crippen molar-refractivity contribution in [1.82, 2.24) is 19.9 Å². The summed E-state index contributed by atoms with van der Waals surface area (Å²) in [6.07, 6.45) is 3.28. The summed E-state index contributed by atoms with van der Waals surface area (Å²) >= 11 is 1.17. The van der Waals surface area contributed by atoms with Gasteiger partial charge >= 0.3 is 0 Å². The van der Waals surface area contributed by atoms with Crippen LogP contribution in [0.5, 0.6) is 0 Å². The molecule has 0 radical (unpaired) electrons. The maximum atomic E-state index is 13.9. The minimum Gasteiger partial charge on any atom is -0.381 e. The predicted octanol–water partition coefficient (Wildman–Crippen LogP) is 4.82. The molecular formula is C30H38N4O5S2. The number of nitrogens with zero attached hydrogens (tertiary/aromatic N) is 2. The van der Waals surface area contributed by atoms with Crippen molar-refractivity contribution in [2.24, 2.45) is 5.92 Å². The number of sulfonamides is 1. The van der Waals surface area contributed by atoms with E-state index in [1.54, 1.807) is 45.0 Å². The van der Waals surface area contributed by atoms with Gasteiger partial charge < -0.3 is 15.0 Å². The molecule has 2 aliphatic heterocycles. The quantitative estimate of drug-likeness (QED) is 0.420. The number of hydrogen-bond acceptors (Lipinski definition) is 7. The molecule has 2 fully saturated rings. The number of aromatic nitrogens is 1. The molecule has 1 aromatic heterocycles. The van der Waals surface area contributed by atoms with Crippen LogP contribution in [0.1, 0.15) is 73.7 Å². The maximum absolute atomic E-state index is 13.9. The molecule has 2 aromatic carbocycles. The highest BCUT2D eigenvalue weighted by Gasteiger charge is 2.31. The molecule has 0 unspecified atom stereocenters. The molecule has 3 heterocycles. The Kier molecular flexibility index (Phi) is 8.52. The Hall–Kier alpha value is -2.86. The molecule has 41 heavy (non-hydrogen) atoms. The average Bonchev–Trinajstić information content (AvgIpc) is 3.37. The SMILES string of the molecule is CC1CCN(C(=O)c2nc(C(=O)NC3CCOCC3)sc2-c2ccc(S(=O)(=O)NC(C)(C)C)c3ccccc23)CC1. The first kappa shape index (κ1) is 29.6. The van der Waals surface area contributed by atoms with Crippen LogP contribution < -0.4 is 10.0 Å². The van der Waals surface area contributed by atoms with Crippen LogP contribution in [0.25, 0.3) is 21.2 Å². The average molecular weight is 599 g/mol. The first-order valence-corrected chi connectivity index (χ1v) is 16.5. The molecule has 9 nitrogen and oxygen atoms in total. The lowest BCUT2D eigenvalue weighted by molar-refractivity contribution is 0.0692. The summed E-state index contributed by atoms with van der Waals surface area (Å²) in [5, 5.41) is 4.48. The second-order valence-electron chi connectivity index (χ2n) is 12.0. The van der Waals surface area contributed by atoms with Gasteiger partial charge in [-0.1, -0.05) is 37.3 Å². The van der Waals surface area contributed by atoms with Crippen LogP contribution >= 0.6 is 11.3 Å². The van der Waals surface area contributed by atoms with E-state index in [-0.39, 0.29) is 33.5 Å². The second-order valence-corrected chi connectivity index (χ2v) is 14.7. The zero-order chi connectivity index (χ0) is 29.4. The van der Waals surface area contributed by atoms with Crippen LogP contribution in [0.2, 0.25) is 0 Å². The van der Waals surface area contributed by atoms with Gasteiger partial charge in [0.05, 0.1) is 9.77 Å². The second kappa shape index (κ2) is 11.8. The van der Waals surface area contributed by atoms with E-state index in [1.165, 1.54) is 11.3 Å². The molecule has 0 atom stereocenters. The van der Waals surface area contributed by atoms with Crippen molar-refractivity contribution in [3.8, 4) is 10.4 Å². The zero-order valence-electron chi connectivity index (χ0n) is 24.0. The Labute approximate surface area is 245 Å². The Morgan fingerprint density at radius 3 is 2.32 bits per heavy atom. The Bertz CT molecular complexity index is 1550. The van der Waals surface area contributed by atoms with Gasteiger partial charge in [-0.05, 0) is 63.8 Å². The predicted molar refractivity (Wildman–Crippen MR) is 161 cm³/mol. The smallest absolute Gasteiger partial charge is 0.280 e. The van der Waals surface area contributed by atoms with Crippen LogP contribution in [0.3, 0.4) is 0 Å². The molecule has 3 aromatic rings. The fourth-order valence-electron chi connectivity index (χ4n) is 5.36. The normalized spacial score (nSPS) is 17.6. The highest BCUT2D eigenvalue weighted by molar-refractivity contribution is 7.89. The lowest BCUT2D eigenvalue weighted by Gasteiger charge is -2.30. The number of rotatable bonds is 6. The van der Waals surface area contributed by atoms with Crippen LogP contribution in [0, 0.1) is 5.92 Å². The molecule has 2 saturated heterocycles. The molecule has 2 aliphatic rings. The van der Waals surface area contributed by atoms with Gasteiger partial charge in [-0.3, -0.25) is 9.59 Å². The Balaban J connectivity index is 1.60. The van der Waals surface area contributed by atoms with Gasteiger partial charge in [0.25, 0.3) is 11.8 Å². The Morgan fingerprint density at radius 2 is 1.66 bits per heavy atom. The number of thiazole rings is 1. The number of nitrogens with one attached hydrogen (secondary N) is 2. The number of fused-ring (bicyclic) bond motifs is 1. The van der Waals surface area contributed by atoms with E-state index in [0.29, 0.717) is 53.4 Å². The molecule has 0 saturated carbocycles. The van der Waals surface area contributed by atoms with E-state index in [4.69, 9.17) is 4.74 Å². The molecule has 0 aliphatic carbocycles. The summed E-state index contributed by atoms with van der Waals surface area (Å²) in [6, 6.07) is 10.5. The van der Waals surface area contributed by atoms with Gasteiger partial charge in [-0.25, -0.2) is 18.1 Å². The number of amides is 2. The van der Waals surface area contributed by atoms with Crippen molar-refractivity contribution in [1.29, 1.82) is 0 Å². The molecular weight excluding hydrogens is 560 g/mol. The summed E-state index contributed by atoms with van der Waals surface area (Å²) in [4.78, 5) is 34.3. The van der Waals surface area contributed by atoms with Gasteiger partial charge in [0.2, 0.25) is 10.0 Å². The number of carbonyl (C=O) groups is 2. The van der Waals surface area contributed by atoms with Crippen LogP contribution in [-0.4, -0.2) is 68.0 Å². The van der Waals surface area contributed by atoms with Crippen molar-refractivity contribution in [3.63, 3.8) is 0 Å². The van der Waals surface area contributed by atoms with Gasteiger partial charge in [-0.2, -0.15) is 0 Å². The minimum atomic E-state index is -3.83. The Morgan fingerprint density at radius 1 is 1.00 bits per heavy atom. The lowest BCUT2D eigenvalue weighted by atomic mass is 9.98. The lowest BCUT2D eigenvalue weighted by Crippen LogP contribution is -2.40. The van der Waals surface area contributed by atoms with Crippen molar-refractivity contribution in [2.75, 3.05) is 26.3 Å². The van der Waals surface area contributed by atoms with E-state index in [0.717, 1.165) is 25.7 Å². The topological polar surface area (TPSA) is 118 Å². The number of ether oxygens (including phenoxy) is 1. The van der Waals surface area contributed by atoms with Crippen LogP contribution in [-0.2, 0) is 14.8 Å². The van der Waals surface area contributed by atoms with E-state index in [2.05, 4.69) is 21.9 Å². The van der Waals surface area contributed by atoms with E-state index >= 15 is 0 Å². The number of benzene rings is 2. The summed E-state index contributed by atoms with van der Waals surface area (Å²) in [5.74, 6) is 0.0331. The first-order valence-electron chi connectivity index (χ1n) is 14.2. The molecule has 5 rings (SSSR count). The fourth-order valence-corrected chi connectivity index (χ4v) is 7.99. The summed E-state index contributed by atoms with van der Waals surface area (Å²) < 4.78 is 34.9. The highest BCUT2D eigenvalue weighted by Crippen LogP contribution is 2.39.